The van der Waals surface area contributed by atoms with Crippen molar-refractivity contribution in [1.29, 1.82) is 0 Å². The predicted octanol–water partition coefficient (Wildman–Crippen LogP) is 1.73. The molecule has 136 valence electrons. The number of rotatable bonds is 5. The summed E-state index contributed by atoms with van der Waals surface area (Å²) in [5.41, 5.74) is 1.59. The van der Waals surface area contributed by atoms with Crippen LogP contribution in [0.25, 0.3) is 0 Å². The van der Waals surface area contributed by atoms with Gasteiger partial charge >= 0.3 is 0 Å². The number of aryl methyl sites for hydroxylation is 1. The van der Waals surface area contributed by atoms with E-state index in [1.165, 1.54) is 0 Å². The maximum Gasteiger partial charge on any atom is 0.251 e. The van der Waals surface area contributed by atoms with Crippen LogP contribution in [-0.4, -0.2) is 55.9 Å². The molecule has 0 aromatic heterocycles. The highest BCUT2D eigenvalue weighted by atomic mass is 16.7. The lowest BCUT2D eigenvalue weighted by molar-refractivity contribution is -0.139. The largest absolute Gasteiger partial charge is 0.352 e. The highest BCUT2D eigenvalue weighted by Gasteiger charge is 2.32. The van der Waals surface area contributed by atoms with Gasteiger partial charge in [-0.3, -0.25) is 9.59 Å². The van der Waals surface area contributed by atoms with Gasteiger partial charge in [0, 0.05) is 37.5 Å². The SMILES string of the molecule is Cc1ccccc1C(=O)NCCC(=O)N1CCCC(C2OCCO2)C1. The number of ether oxygens (including phenoxy) is 2. The Balaban J connectivity index is 1.44. The molecule has 1 N–H and O–H groups in total. The number of nitrogens with zero attached hydrogens (tertiary/aromatic N) is 1. The van der Waals surface area contributed by atoms with Gasteiger partial charge in [0.1, 0.15) is 0 Å². The van der Waals surface area contributed by atoms with Gasteiger partial charge in [0.15, 0.2) is 6.29 Å². The summed E-state index contributed by atoms with van der Waals surface area (Å²) in [6.07, 6.45) is 2.14. The second-order valence-electron chi connectivity index (χ2n) is 6.67. The fourth-order valence-corrected chi connectivity index (χ4v) is 3.47. The molecule has 2 heterocycles. The first-order chi connectivity index (χ1) is 12.1. The Morgan fingerprint density at radius 3 is 2.76 bits per heavy atom. The van der Waals surface area contributed by atoms with Crippen LogP contribution in [0.3, 0.4) is 0 Å². The van der Waals surface area contributed by atoms with E-state index < -0.39 is 0 Å². The first-order valence-corrected chi connectivity index (χ1v) is 9.00. The number of carbonyl (C=O) groups is 2. The number of hydrogen-bond donors (Lipinski definition) is 1. The molecule has 3 rings (SSSR count). The van der Waals surface area contributed by atoms with E-state index in [0.29, 0.717) is 38.3 Å². The minimum atomic E-state index is -0.170. The van der Waals surface area contributed by atoms with Crippen LogP contribution in [0.1, 0.15) is 35.2 Å². The summed E-state index contributed by atoms with van der Waals surface area (Å²) in [5.74, 6) is 0.199. The molecule has 6 heteroatoms. The van der Waals surface area contributed by atoms with E-state index in [1.807, 2.05) is 30.0 Å². The van der Waals surface area contributed by atoms with Gasteiger partial charge in [0.05, 0.1) is 13.2 Å². The summed E-state index contributed by atoms with van der Waals surface area (Å²) < 4.78 is 11.2. The van der Waals surface area contributed by atoms with Crippen molar-refractivity contribution >= 4 is 11.8 Å². The fourth-order valence-electron chi connectivity index (χ4n) is 3.47. The Morgan fingerprint density at radius 1 is 1.24 bits per heavy atom. The van der Waals surface area contributed by atoms with E-state index in [0.717, 1.165) is 24.9 Å². The molecule has 2 amide bonds. The number of nitrogens with one attached hydrogen (secondary N) is 1. The predicted molar refractivity (Wildman–Crippen MR) is 93.1 cm³/mol. The van der Waals surface area contributed by atoms with Crippen LogP contribution in [0.5, 0.6) is 0 Å². The van der Waals surface area contributed by atoms with Crippen LogP contribution in [-0.2, 0) is 14.3 Å². The van der Waals surface area contributed by atoms with Crippen LogP contribution in [0, 0.1) is 12.8 Å². The molecule has 2 aliphatic rings. The zero-order chi connectivity index (χ0) is 17.6. The normalized spacial score (nSPS) is 21.3. The van der Waals surface area contributed by atoms with Gasteiger partial charge in [0.2, 0.25) is 5.91 Å². The minimum Gasteiger partial charge on any atom is -0.352 e. The second kappa shape index (κ2) is 8.45. The summed E-state index contributed by atoms with van der Waals surface area (Å²) in [6, 6.07) is 7.44. The summed E-state index contributed by atoms with van der Waals surface area (Å²) in [6.45, 7) is 4.98. The number of carbonyl (C=O) groups excluding carboxylic acids is 2. The smallest absolute Gasteiger partial charge is 0.251 e. The molecule has 1 atom stereocenters. The molecule has 0 spiro atoms. The Hall–Kier alpha value is -1.92. The molecular formula is C19H26N2O4. The lowest BCUT2D eigenvalue weighted by Crippen LogP contribution is -2.44. The van der Waals surface area contributed by atoms with Crippen molar-refractivity contribution in [2.24, 2.45) is 5.92 Å². The third-order valence-corrected chi connectivity index (χ3v) is 4.86. The van der Waals surface area contributed by atoms with E-state index in [4.69, 9.17) is 9.47 Å². The van der Waals surface area contributed by atoms with Crippen molar-refractivity contribution in [3.63, 3.8) is 0 Å². The molecule has 6 nitrogen and oxygen atoms in total. The van der Waals surface area contributed by atoms with Crippen LogP contribution in [0.2, 0.25) is 0 Å². The van der Waals surface area contributed by atoms with Crippen molar-refractivity contribution in [2.75, 3.05) is 32.8 Å². The number of likely N-dealkylation sites (tertiary alicyclic amines) is 1. The lowest BCUT2D eigenvalue weighted by atomic mass is 9.97. The fraction of sp³-hybridized carbons (Fsp3) is 0.579. The first kappa shape index (κ1) is 17.9. The molecule has 1 aromatic rings. The van der Waals surface area contributed by atoms with Gasteiger partial charge in [-0.15, -0.1) is 0 Å². The maximum absolute atomic E-state index is 12.4. The summed E-state index contributed by atoms with van der Waals surface area (Å²) in [4.78, 5) is 26.5. The van der Waals surface area contributed by atoms with Crippen molar-refractivity contribution in [2.45, 2.75) is 32.5 Å². The van der Waals surface area contributed by atoms with Crippen LogP contribution in [0.15, 0.2) is 24.3 Å². The van der Waals surface area contributed by atoms with Crippen LogP contribution >= 0.6 is 0 Å². The molecule has 0 radical (unpaired) electrons. The summed E-state index contributed by atoms with van der Waals surface area (Å²) in [7, 11) is 0. The van der Waals surface area contributed by atoms with Gasteiger partial charge in [-0.05, 0) is 31.4 Å². The van der Waals surface area contributed by atoms with Gasteiger partial charge in [-0.25, -0.2) is 0 Å². The Bertz CT molecular complexity index is 613. The zero-order valence-electron chi connectivity index (χ0n) is 14.7. The minimum absolute atomic E-state index is 0.0766. The summed E-state index contributed by atoms with van der Waals surface area (Å²) in [5, 5.41) is 2.84. The zero-order valence-corrected chi connectivity index (χ0v) is 14.7. The van der Waals surface area contributed by atoms with E-state index in [2.05, 4.69) is 5.32 Å². The van der Waals surface area contributed by atoms with Crippen LogP contribution < -0.4 is 5.32 Å². The number of hydrogen-bond acceptors (Lipinski definition) is 4. The molecular weight excluding hydrogens is 320 g/mol. The monoisotopic (exact) mass is 346 g/mol. The molecule has 1 aromatic carbocycles. The van der Waals surface area contributed by atoms with E-state index >= 15 is 0 Å². The van der Waals surface area contributed by atoms with Crippen molar-refractivity contribution in [3.05, 3.63) is 35.4 Å². The van der Waals surface area contributed by atoms with Gasteiger partial charge in [-0.2, -0.15) is 0 Å². The van der Waals surface area contributed by atoms with E-state index in [-0.39, 0.29) is 24.0 Å². The van der Waals surface area contributed by atoms with E-state index in [1.54, 1.807) is 6.07 Å². The molecule has 0 aliphatic carbocycles. The third kappa shape index (κ3) is 4.58. The molecule has 0 saturated carbocycles. The quantitative estimate of drug-likeness (QED) is 0.882. The van der Waals surface area contributed by atoms with Crippen molar-refractivity contribution in [3.8, 4) is 0 Å². The molecule has 2 saturated heterocycles. The Labute approximate surface area is 148 Å². The Kier molecular flexibility index (Phi) is 6.04. The number of benzene rings is 1. The Morgan fingerprint density at radius 2 is 2.00 bits per heavy atom. The topological polar surface area (TPSA) is 67.9 Å². The average molecular weight is 346 g/mol. The van der Waals surface area contributed by atoms with Gasteiger partial charge in [0.25, 0.3) is 5.91 Å². The standard InChI is InChI=1S/C19H26N2O4/c1-14-5-2-3-7-16(14)18(23)20-9-8-17(22)21-10-4-6-15(13-21)19-24-11-12-25-19/h2-3,5,7,15,19H,4,6,8-13H2,1H3,(H,20,23). The average Bonchev–Trinajstić information content (AvgIpc) is 3.17. The van der Waals surface area contributed by atoms with Crippen molar-refractivity contribution in [1.82, 2.24) is 10.2 Å². The molecule has 0 bridgehead atoms. The first-order valence-electron chi connectivity index (χ1n) is 9.00. The summed E-state index contributed by atoms with van der Waals surface area (Å²) >= 11 is 0. The van der Waals surface area contributed by atoms with Crippen LogP contribution in [0.4, 0.5) is 0 Å². The highest BCUT2D eigenvalue weighted by molar-refractivity contribution is 5.95. The third-order valence-electron chi connectivity index (χ3n) is 4.86. The van der Waals surface area contributed by atoms with E-state index in [9.17, 15) is 9.59 Å². The molecule has 2 aliphatic heterocycles. The molecule has 2 fully saturated rings. The van der Waals surface area contributed by atoms with Gasteiger partial charge < -0.3 is 19.7 Å². The number of piperidine rings is 1. The lowest BCUT2D eigenvalue weighted by Gasteiger charge is -2.34. The molecule has 25 heavy (non-hydrogen) atoms. The number of amides is 2. The second-order valence-corrected chi connectivity index (χ2v) is 6.67. The maximum atomic E-state index is 12.4. The molecule has 1 unspecified atom stereocenters. The van der Waals surface area contributed by atoms with Gasteiger partial charge in [-0.1, -0.05) is 18.2 Å². The highest BCUT2D eigenvalue weighted by Crippen LogP contribution is 2.25. The van der Waals surface area contributed by atoms with Crippen molar-refractivity contribution < 1.29 is 19.1 Å².